The van der Waals surface area contributed by atoms with Crippen molar-refractivity contribution in [2.75, 3.05) is 13.2 Å². The van der Waals surface area contributed by atoms with Crippen molar-refractivity contribution >= 4 is 39.2 Å². The van der Waals surface area contributed by atoms with Crippen LogP contribution in [0.15, 0.2) is 29.1 Å². The van der Waals surface area contributed by atoms with E-state index in [-0.39, 0.29) is 30.2 Å². The summed E-state index contributed by atoms with van der Waals surface area (Å²) in [7, 11) is 0. The average Bonchev–Trinajstić information content (AvgIpc) is 2.99. The van der Waals surface area contributed by atoms with Gasteiger partial charge in [-0.15, -0.1) is 11.3 Å². The van der Waals surface area contributed by atoms with Crippen molar-refractivity contribution in [2.24, 2.45) is 0 Å². The zero-order chi connectivity index (χ0) is 21.0. The first-order chi connectivity index (χ1) is 13.9. The van der Waals surface area contributed by atoms with Gasteiger partial charge in [-0.25, -0.2) is 9.78 Å². The van der Waals surface area contributed by atoms with Gasteiger partial charge in [-0.2, -0.15) is 5.26 Å². The lowest BCUT2D eigenvalue weighted by atomic mass is 10.1. The van der Waals surface area contributed by atoms with Crippen molar-refractivity contribution < 1.29 is 14.3 Å². The molecule has 2 heterocycles. The summed E-state index contributed by atoms with van der Waals surface area (Å²) >= 11 is 1.41. The summed E-state index contributed by atoms with van der Waals surface area (Å²) in [5.74, 6) is 0.121. The second-order valence-corrected chi connectivity index (χ2v) is 7.38. The van der Waals surface area contributed by atoms with Crippen LogP contribution in [0.25, 0.3) is 21.9 Å². The lowest BCUT2D eigenvalue weighted by Gasteiger charge is -2.08. The smallest absolute Gasteiger partial charge is 0.341 e. The number of aryl methyl sites for hydroxylation is 2. The van der Waals surface area contributed by atoms with Crippen LogP contribution in [0, 0.1) is 25.2 Å². The maximum absolute atomic E-state index is 12.6. The summed E-state index contributed by atoms with van der Waals surface area (Å²) in [4.78, 5) is 34.0. The van der Waals surface area contributed by atoms with Crippen molar-refractivity contribution in [3.8, 4) is 11.8 Å². The molecule has 0 aliphatic heterocycles. The molecule has 0 saturated heterocycles. The van der Waals surface area contributed by atoms with E-state index in [1.807, 2.05) is 19.9 Å². The van der Waals surface area contributed by atoms with Crippen LogP contribution >= 0.6 is 11.3 Å². The van der Waals surface area contributed by atoms with Crippen LogP contribution < -0.4 is 10.3 Å². The first-order valence-corrected chi connectivity index (χ1v) is 9.75. The number of carbonyl (C=O) groups excluding carboxylic acids is 1. The van der Waals surface area contributed by atoms with Crippen LogP contribution in [-0.4, -0.2) is 29.2 Å². The fraction of sp³-hybridized carbons (Fsp3) is 0.238. The van der Waals surface area contributed by atoms with E-state index in [0.29, 0.717) is 21.5 Å². The summed E-state index contributed by atoms with van der Waals surface area (Å²) in [6.07, 6.45) is 1.60. The van der Waals surface area contributed by atoms with Crippen molar-refractivity contribution in [2.45, 2.75) is 20.8 Å². The van der Waals surface area contributed by atoms with Gasteiger partial charge in [0.2, 0.25) is 0 Å². The second kappa shape index (κ2) is 8.71. The Balaban J connectivity index is 2.07. The first-order valence-electron chi connectivity index (χ1n) is 8.93. The highest BCUT2D eigenvalue weighted by atomic mass is 32.1. The Labute approximate surface area is 171 Å². The van der Waals surface area contributed by atoms with Crippen LogP contribution in [0.3, 0.4) is 0 Å². The largest absolute Gasteiger partial charge is 0.479 e. The highest BCUT2D eigenvalue weighted by Crippen LogP contribution is 2.27. The number of nitriles is 1. The number of thiophene rings is 1. The molecule has 0 aliphatic rings. The number of hydrogen-bond donors (Lipinski definition) is 1. The molecule has 29 heavy (non-hydrogen) atoms. The van der Waals surface area contributed by atoms with E-state index in [2.05, 4.69) is 9.97 Å². The van der Waals surface area contributed by atoms with Crippen molar-refractivity contribution in [3.63, 3.8) is 0 Å². The average molecular weight is 409 g/mol. The van der Waals surface area contributed by atoms with Gasteiger partial charge in [0.1, 0.15) is 28.0 Å². The fourth-order valence-electron chi connectivity index (χ4n) is 2.76. The van der Waals surface area contributed by atoms with Gasteiger partial charge in [-0.05, 0) is 50.1 Å². The molecule has 0 bridgehead atoms. The second-order valence-electron chi connectivity index (χ2n) is 6.17. The number of ether oxygens (including phenoxy) is 2. The molecule has 7 nitrogen and oxygen atoms in total. The van der Waals surface area contributed by atoms with Crippen LogP contribution in [0.5, 0.6) is 5.75 Å². The molecule has 0 spiro atoms. The molecule has 0 unspecified atom stereocenters. The van der Waals surface area contributed by atoms with Crippen molar-refractivity contribution in [3.05, 3.63) is 56.4 Å². The topological polar surface area (TPSA) is 105 Å². The molecule has 0 saturated carbocycles. The lowest BCUT2D eigenvalue weighted by molar-refractivity contribution is -0.136. The Bertz CT molecular complexity index is 1180. The molecule has 0 amide bonds. The van der Waals surface area contributed by atoms with Gasteiger partial charge >= 0.3 is 5.97 Å². The van der Waals surface area contributed by atoms with Crippen LogP contribution in [-0.2, 0) is 9.53 Å². The highest BCUT2D eigenvalue weighted by Gasteiger charge is 2.19. The van der Waals surface area contributed by atoms with E-state index in [0.717, 1.165) is 10.4 Å². The summed E-state index contributed by atoms with van der Waals surface area (Å²) in [5, 5.41) is 9.12. The number of nitrogens with one attached hydrogen (secondary N) is 1. The number of aromatic amines is 1. The third-order valence-corrected chi connectivity index (χ3v) is 5.39. The van der Waals surface area contributed by atoms with Crippen molar-refractivity contribution in [1.82, 2.24) is 9.97 Å². The number of rotatable bonds is 6. The number of H-pyrrole nitrogens is 1. The fourth-order valence-corrected chi connectivity index (χ4v) is 3.79. The molecular formula is C21H19N3O4S. The lowest BCUT2D eigenvalue weighted by Crippen LogP contribution is -2.15. The van der Waals surface area contributed by atoms with Gasteiger partial charge in [0, 0.05) is 4.88 Å². The Morgan fingerprint density at radius 1 is 1.31 bits per heavy atom. The van der Waals surface area contributed by atoms with Gasteiger partial charge < -0.3 is 14.5 Å². The van der Waals surface area contributed by atoms with E-state index in [1.165, 1.54) is 11.3 Å². The third kappa shape index (κ3) is 4.36. The van der Waals surface area contributed by atoms with Crippen LogP contribution in [0.1, 0.15) is 28.8 Å². The van der Waals surface area contributed by atoms with Gasteiger partial charge in [0.05, 0.1) is 12.0 Å². The summed E-state index contributed by atoms with van der Waals surface area (Å²) in [5.41, 5.74) is 1.45. The monoisotopic (exact) mass is 409 g/mol. The van der Waals surface area contributed by atoms with Gasteiger partial charge in [-0.1, -0.05) is 12.1 Å². The first kappa shape index (κ1) is 20.3. The van der Waals surface area contributed by atoms with Crippen LogP contribution in [0.2, 0.25) is 0 Å². The normalized spacial score (nSPS) is 11.3. The Kier molecular flexibility index (Phi) is 6.10. The molecular weight excluding hydrogens is 390 g/mol. The minimum absolute atomic E-state index is 0.0475. The summed E-state index contributed by atoms with van der Waals surface area (Å²) in [6.45, 7) is 5.67. The third-order valence-electron chi connectivity index (χ3n) is 4.28. The van der Waals surface area contributed by atoms with E-state index < -0.39 is 5.97 Å². The number of fused-ring (bicyclic) bond motifs is 1. The van der Waals surface area contributed by atoms with Crippen LogP contribution in [0.4, 0.5) is 0 Å². The molecule has 0 atom stereocenters. The molecule has 0 aliphatic carbocycles. The predicted molar refractivity (Wildman–Crippen MR) is 112 cm³/mol. The molecule has 3 aromatic rings. The molecule has 8 heteroatoms. The molecule has 2 aromatic heterocycles. The standard InChI is InChI=1S/C21H19N3O4S/c1-4-27-21(26)16(11-14-5-7-15(8-6-14)28-10-9-22)18-23-19(25)17-12(2)13(3)29-20(17)24-18/h5-8,11H,4,10H2,1-3H3,(H,23,24,25)/b16-11-. The van der Waals surface area contributed by atoms with Gasteiger partial charge in [-0.3, -0.25) is 4.79 Å². The van der Waals surface area contributed by atoms with E-state index in [1.54, 1.807) is 37.3 Å². The van der Waals surface area contributed by atoms with E-state index in [9.17, 15) is 9.59 Å². The van der Waals surface area contributed by atoms with Gasteiger partial charge in [0.25, 0.3) is 5.56 Å². The molecule has 1 aromatic carbocycles. The number of carbonyl (C=O) groups is 1. The quantitative estimate of drug-likeness (QED) is 0.493. The van der Waals surface area contributed by atoms with Gasteiger partial charge in [0.15, 0.2) is 6.61 Å². The van der Waals surface area contributed by atoms with E-state index in [4.69, 9.17) is 14.7 Å². The Morgan fingerprint density at radius 3 is 2.69 bits per heavy atom. The SMILES string of the molecule is CCOC(=O)/C(=C\c1ccc(OCC#N)cc1)c1nc2sc(C)c(C)c2c(=O)[nH]1. The number of aromatic nitrogens is 2. The molecule has 0 radical (unpaired) electrons. The minimum atomic E-state index is -0.579. The maximum atomic E-state index is 12.6. The predicted octanol–water partition coefficient (Wildman–Crippen LogP) is 3.61. The molecule has 148 valence electrons. The summed E-state index contributed by atoms with van der Waals surface area (Å²) in [6, 6.07) is 8.76. The number of benzene rings is 1. The number of nitrogens with zero attached hydrogens (tertiary/aromatic N) is 2. The number of esters is 1. The maximum Gasteiger partial charge on any atom is 0.341 e. The molecule has 1 N–H and O–H groups in total. The van der Waals surface area contributed by atoms with E-state index >= 15 is 0 Å². The summed E-state index contributed by atoms with van der Waals surface area (Å²) < 4.78 is 10.4. The zero-order valence-electron chi connectivity index (χ0n) is 16.2. The molecule has 3 rings (SSSR count). The zero-order valence-corrected chi connectivity index (χ0v) is 17.1. The highest BCUT2D eigenvalue weighted by molar-refractivity contribution is 7.18. The number of hydrogen-bond acceptors (Lipinski definition) is 7. The Morgan fingerprint density at radius 2 is 2.03 bits per heavy atom. The Hall–Kier alpha value is -3.44. The minimum Gasteiger partial charge on any atom is -0.479 e. The van der Waals surface area contributed by atoms with Crippen molar-refractivity contribution in [1.29, 1.82) is 5.26 Å². The molecule has 0 fully saturated rings.